The van der Waals surface area contributed by atoms with Crippen LogP contribution in [0, 0.1) is 0 Å². The van der Waals surface area contributed by atoms with Gasteiger partial charge in [-0.15, -0.1) is 6.58 Å². The van der Waals surface area contributed by atoms with Crippen LogP contribution in [0.5, 0.6) is 5.75 Å². The van der Waals surface area contributed by atoms with Gasteiger partial charge in [0.2, 0.25) is 0 Å². The third kappa shape index (κ3) is 3.33. The van der Waals surface area contributed by atoms with Gasteiger partial charge in [0.1, 0.15) is 5.75 Å². The second-order valence-corrected chi connectivity index (χ2v) is 5.56. The molecular weight excluding hydrogens is 308 g/mol. The van der Waals surface area contributed by atoms with Gasteiger partial charge in [-0.05, 0) is 18.2 Å². The van der Waals surface area contributed by atoms with Crippen LogP contribution >= 0.6 is 0 Å². The molecule has 0 N–H and O–H groups in total. The zero-order valence-corrected chi connectivity index (χ0v) is 13.4. The van der Waals surface area contributed by atoms with Gasteiger partial charge in [0.25, 0.3) is 11.5 Å². The van der Waals surface area contributed by atoms with Crippen LogP contribution in [-0.4, -0.2) is 48.3 Å². The fourth-order valence-electron chi connectivity index (χ4n) is 2.74. The number of aromatic nitrogens is 1. The summed E-state index contributed by atoms with van der Waals surface area (Å²) < 4.78 is 12.5. The van der Waals surface area contributed by atoms with E-state index in [9.17, 15) is 9.59 Å². The van der Waals surface area contributed by atoms with Crippen molar-refractivity contribution in [3.8, 4) is 5.75 Å². The molecule has 1 saturated heterocycles. The van der Waals surface area contributed by atoms with Crippen molar-refractivity contribution in [2.75, 3.05) is 32.9 Å². The Morgan fingerprint density at radius 1 is 1.25 bits per heavy atom. The number of allylic oxidation sites excluding steroid dienone is 1. The molecular formula is C18H20N2O4. The maximum atomic E-state index is 12.4. The van der Waals surface area contributed by atoms with E-state index in [-0.39, 0.29) is 18.1 Å². The molecule has 1 aromatic carbocycles. The van der Waals surface area contributed by atoms with Gasteiger partial charge in [-0.25, -0.2) is 0 Å². The molecule has 1 aliphatic heterocycles. The number of fused-ring (bicyclic) bond motifs is 1. The third-order valence-electron chi connectivity index (χ3n) is 4.02. The Bertz CT molecular complexity index is 806. The molecule has 0 radical (unpaired) electrons. The Kier molecular flexibility index (Phi) is 4.96. The summed E-state index contributed by atoms with van der Waals surface area (Å²) in [6.45, 7) is 6.35. The molecule has 3 rings (SSSR count). The Morgan fingerprint density at radius 3 is 2.79 bits per heavy atom. The van der Waals surface area contributed by atoms with Crippen molar-refractivity contribution < 1.29 is 14.3 Å². The highest BCUT2D eigenvalue weighted by atomic mass is 16.5. The van der Waals surface area contributed by atoms with Crippen LogP contribution in [0.3, 0.4) is 0 Å². The van der Waals surface area contributed by atoms with Crippen LogP contribution in [0.4, 0.5) is 0 Å². The second kappa shape index (κ2) is 7.31. The first-order valence-corrected chi connectivity index (χ1v) is 7.92. The smallest absolute Gasteiger partial charge is 0.260 e. The molecule has 2 heterocycles. The molecule has 0 spiro atoms. The molecule has 0 aliphatic carbocycles. The molecule has 0 atom stereocenters. The van der Waals surface area contributed by atoms with Crippen molar-refractivity contribution in [3.05, 3.63) is 53.5 Å². The van der Waals surface area contributed by atoms with E-state index in [2.05, 4.69) is 6.58 Å². The maximum Gasteiger partial charge on any atom is 0.260 e. The quantitative estimate of drug-likeness (QED) is 0.779. The van der Waals surface area contributed by atoms with Crippen LogP contribution in [0.1, 0.15) is 0 Å². The largest absolute Gasteiger partial charge is 0.483 e. The number of morpholine rings is 1. The van der Waals surface area contributed by atoms with Crippen molar-refractivity contribution >= 4 is 16.7 Å². The zero-order chi connectivity index (χ0) is 16.9. The summed E-state index contributed by atoms with van der Waals surface area (Å²) in [7, 11) is 0. The number of ether oxygens (including phenoxy) is 2. The molecule has 0 saturated carbocycles. The molecule has 0 unspecified atom stereocenters. The molecule has 0 bridgehead atoms. The lowest BCUT2D eigenvalue weighted by Crippen LogP contribution is -2.43. The number of amides is 1. The van der Waals surface area contributed by atoms with Crippen LogP contribution < -0.4 is 10.3 Å². The lowest BCUT2D eigenvalue weighted by Gasteiger charge is -2.26. The topological polar surface area (TPSA) is 60.8 Å². The van der Waals surface area contributed by atoms with Crippen LogP contribution in [0.15, 0.2) is 47.9 Å². The minimum Gasteiger partial charge on any atom is -0.483 e. The van der Waals surface area contributed by atoms with Crippen LogP contribution in [0.25, 0.3) is 10.8 Å². The van der Waals surface area contributed by atoms with E-state index in [1.807, 2.05) is 6.07 Å². The van der Waals surface area contributed by atoms with Gasteiger partial charge in [-0.2, -0.15) is 0 Å². The van der Waals surface area contributed by atoms with Gasteiger partial charge in [0.15, 0.2) is 6.61 Å². The number of rotatable bonds is 5. The number of hydrogen-bond donors (Lipinski definition) is 0. The monoisotopic (exact) mass is 328 g/mol. The molecule has 6 heteroatoms. The molecule has 1 amide bonds. The summed E-state index contributed by atoms with van der Waals surface area (Å²) in [5, 5.41) is 1.27. The summed E-state index contributed by atoms with van der Waals surface area (Å²) in [5.74, 6) is 0.465. The number of carbonyl (C=O) groups excluding carboxylic acids is 1. The van der Waals surface area contributed by atoms with E-state index < -0.39 is 0 Å². The summed E-state index contributed by atoms with van der Waals surface area (Å²) >= 11 is 0. The van der Waals surface area contributed by atoms with Gasteiger partial charge in [0, 0.05) is 31.2 Å². The van der Waals surface area contributed by atoms with Crippen molar-refractivity contribution in [3.63, 3.8) is 0 Å². The molecule has 1 aliphatic rings. The highest BCUT2D eigenvalue weighted by molar-refractivity contribution is 5.88. The fourth-order valence-corrected chi connectivity index (χ4v) is 2.74. The predicted molar refractivity (Wildman–Crippen MR) is 91.3 cm³/mol. The molecule has 2 aromatic rings. The minimum atomic E-state index is -0.0997. The van der Waals surface area contributed by atoms with Crippen molar-refractivity contribution in [2.24, 2.45) is 0 Å². The number of benzene rings is 1. The standard InChI is InChI=1S/C18H20N2O4/c1-2-7-20-8-6-14-15(18(20)22)4-3-5-16(14)24-13-17(21)19-9-11-23-12-10-19/h2-6,8H,1,7,9-13H2. The van der Waals surface area contributed by atoms with Crippen LogP contribution in [0.2, 0.25) is 0 Å². The van der Waals surface area contributed by atoms with E-state index in [1.165, 1.54) is 0 Å². The fraction of sp³-hybridized carbons (Fsp3) is 0.333. The minimum absolute atomic E-state index is 0.0468. The van der Waals surface area contributed by atoms with Gasteiger partial charge in [-0.3, -0.25) is 9.59 Å². The Hall–Kier alpha value is -2.60. The Labute approximate surface area is 139 Å². The molecule has 6 nitrogen and oxygen atoms in total. The van der Waals surface area contributed by atoms with Gasteiger partial charge in [-0.1, -0.05) is 12.1 Å². The molecule has 1 aromatic heterocycles. The van der Waals surface area contributed by atoms with Crippen molar-refractivity contribution in [1.82, 2.24) is 9.47 Å². The third-order valence-corrected chi connectivity index (χ3v) is 4.02. The summed E-state index contributed by atoms with van der Waals surface area (Å²) in [6, 6.07) is 7.12. The summed E-state index contributed by atoms with van der Waals surface area (Å²) in [6.07, 6.45) is 3.39. The summed E-state index contributed by atoms with van der Waals surface area (Å²) in [4.78, 5) is 26.3. The second-order valence-electron chi connectivity index (χ2n) is 5.56. The number of pyridine rings is 1. The van der Waals surface area contributed by atoms with E-state index in [1.54, 1.807) is 39.9 Å². The lowest BCUT2D eigenvalue weighted by molar-refractivity contribution is -0.137. The maximum absolute atomic E-state index is 12.4. The van der Waals surface area contributed by atoms with E-state index in [0.717, 1.165) is 0 Å². The number of nitrogens with zero attached hydrogens (tertiary/aromatic N) is 2. The Balaban J connectivity index is 1.79. The van der Waals surface area contributed by atoms with Crippen LogP contribution in [-0.2, 0) is 16.1 Å². The normalized spacial score (nSPS) is 14.6. The number of hydrogen-bond acceptors (Lipinski definition) is 4. The lowest BCUT2D eigenvalue weighted by atomic mass is 10.1. The predicted octanol–water partition coefficient (Wildman–Crippen LogP) is 1.43. The molecule has 24 heavy (non-hydrogen) atoms. The zero-order valence-electron chi connectivity index (χ0n) is 13.4. The van der Waals surface area contributed by atoms with E-state index >= 15 is 0 Å². The van der Waals surface area contributed by atoms with Gasteiger partial charge < -0.3 is 18.9 Å². The SMILES string of the molecule is C=CCn1ccc2c(OCC(=O)N3CCOCC3)cccc2c1=O. The average Bonchev–Trinajstić information content (AvgIpc) is 2.63. The highest BCUT2D eigenvalue weighted by Gasteiger charge is 2.17. The Morgan fingerprint density at radius 2 is 2.04 bits per heavy atom. The van der Waals surface area contributed by atoms with Gasteiger partial charge >= 0.3 is 0 Å². The summed E-state index contributed by atoms with van der Waals surface area (Å²) in [5.41, 5.74) is -0.0997. The molecule has 1 fully saturated rings. The first kappa shape index (κ1) is 16.3. The van der Waals surface area contributed by atoms with Crippen molar-refractivity contribution in [1.29, 1.82) is 0 Å². The van der Waals surface area contributed by atoms with Gasteiger partial charge in [0.05, 0.1) is 18.6 Å². The average molecular weight is 328 g/mol. The first-order chi connectivity index (χ1) is 11.7. The van der Waals surface area contributed by atoms with E-state index in [0.29, 0.717) is 49.4 Å². The number of carbonyl (C=O) groups is 1. The molecule has 126 valence electrons. The highest BCUT2D eigenvalue weighted by Crippen LogP contribution is 2.23. The van der Waals surface area contributed by atoms with Crippen molar-refractivity contribution in [2.45, 2.75) is 6.54 Å². The van der Waals surface area contributed by atoms with E-state index in [4.69, 9.17) is 9.47 Å². The first-order valence-electron chi connectivity index (χ1n) is 7.92.